The number of phenols is 1. The van der Waals surface area contributed by atoms with Gasteiger partial charge in [0.2, 0.25) is 11.8 Å². The van der Waals surface area contributed by atoms with Crippen molar-refractivity contribution in [2.24, 2.45) is 5.92 Å². The van der Waals surface area contributed by atoms with Crippen LogP contribution in [0.4, 0.5) is 0 Å². The second kappa shape index (κ2) is 11.9. The van der Waals surface area contributed by atoms with Crippen LogP contribution in [0, 0.1) is 5.92 Å². The summed E-state index contributed by atoms with van der Waals surface area (Å²) < 4.78 is 0.800. The number of phenolic OH excluding ortho intramolecular Hbond substituents is 1. The molecule has 0 bridgehead atoms. The molecule has 5 nitrogen and oxygen atoms in total. The monoisotopic (exact) mass is 528 g/mol. The molecule has 3 rings (SSSR count). The predicted octanol–water partition coefficient (Wildman–Crippen LogP) is 6.11. The summed E-state index contributed by atoms with van der Waals surface area (Å²) in [4.78, 5) is 29.3. The van der Waals surface area contributed by atoms with Crippen LogP contribution in [0.25, 0.3) is 0 Å². The van der Waals surface area contributed by atoms with Crippen LogP contribution in [0.3, 0.4) is 0 Å². The topological polar surface area (TPSA) is 69.6 Å². The van der Waals surface area contributed by atoms with E-state index in [1.165, 1.54) is 0 Å². The Balaban J connectivity index is 2.19. The van der Waals surface area contributed by atoms with E-state index in [4.69, 9.17) is 0 Å². The zero-order valence-corrected chi connectivity index (χ0v) is 22.1. The number of benzene rings is 2. The van der Waals surface area contributed by atoms with Gasteiger partial charge in [0.1, 0.15) is 5.75 Å². The number of hydrogen-bond acceptors (Lipinski definition) is 3. The van der Waals surface area contributed by atoms with Gasteiger partial charge in [0.05, 0.1) is 11.5 Å². The van der Waals surface area contributed by atoms with Crippen LogP contribution in [0.15, 0.2) is 53.0 Å². The summed E-state index contributed by atoms with van der Waals surface area (Å²) in [6, 6.07) is 14.4. The van der Waals surface area contributed by atoms with Crippen LogP contribution < -0.4 is 5.32 Å². The number of halogens is 1. The number of hydrogen-bond donors (Lipinski definition) is 2. The number of rotatable bonds is 10. The lowest BCUT2D eigenvalue weighted by molar-refractivity contribution is -0.146. The normalized spacial score (nSPS) is 20.6. The molecule has 2 aromatic rings. The molecular formula is C28H37BrN2O3. The van der Waals surface area contributed by atoms with Crippen molar-refractivity contribution in [1.29, 1.82) is 0 Å². The van der Waals surface area contributed by atoms with Crippen molar-refractivity contribution in [3.05, 3.63) is 64.1 Å². The molecule has 2 amide bonds. The lowest BCUT2D eigenvalue weighted by Gasteiger charge is -2.49. The smallest absolute Gasteiger partial charge is 0.233 e. The van der Waals surface area contributed by atoms with Crippen LogP contribution in [-0.2, 0) is 15.0 Å². The van der Waals surface area contributed by atoms with E-state index in [0.717, 1.165) is 35.7 Å². The maximum atomic E-state index is 14.1. The third-order valence-electron chi connectivity index (χ3n) is 6.73. The molecule has 0 radical (unpaired) electrons. The van der Waals surface area contributed by atoms with Gasteiger partial charge >= 0.3 is 0 Å². The second-order valence-electron chi connectivity index (χ2n) is 9.69. The predicted molar refractivity (Wildman–Crippen MR) is 140 cm³/mol. The first-order valence-electron chi connectivity index (χ1n) is 12.4. The molecule has 2 N–H and O–H groups in total. The standard InChI is InChI=1S/C28H37BrN2O3/c1-4-5-6-10-17-31-25(33)15-16-28(21-11-8-7-9-12-21,27(34)30-19-20(2)3)26(31)23-18-22(29)13-14-24(23)32/h7-9,11-14,18,20,26,32H,4-6,10,15-17,19H2,1-3H3,(H,30,34). The molecule has 34 heavy (non-hydrogen) atoms. The number of piperidine rings is 1. The van der Waals surface area contributed by atoms with Crippen molar-refractivity contribution in [3.63, 3.8) is 0 Å². The molecule has 2 aromatic carbocycles. The van der Waals surface area contributed by atoms with E-state index in [0.29, 0.717) is 37.4 Å². The number of nitrogens with zero attached hydrogens (tertiary/aromatic N) is 1. The first kappa shape index (κ1) is 26.3. The Morgan fingerprint density at radius 3 is 2.59 bits per heavy atom. The summed E-state index contributed by atoms with van der Waals surface area (Å²) in [5, 5.41) is 14.2. The number of aromatic hydroxyl groups is 1. The lowest BCUT2D eigenvalue weighted by Crippen LogP contribution is -2.58. The van der Waals surface area contributed by atoms with Gasteiger partial charge in [-0.3, -0.25) is 9.59 Å². The summed E-state index contributed by atoms with van der Waals surface area (Å²) >= 11 is 3.54. The van der Waals surface area contributed by atoms with E-state index in [1.54, 1.807) is 12.1 Å². The molecule has 1 fully saturated rings. The number of carbonyl (C=O) groups is 2. The summed E-state index contributed by atoms with van der Waals surface area (Å²) in [6.45, 7) is 7.40. The minimum Gasteiger partial charge on any atom is -0.508 e. The molecule has 1 aliphatic rings. The quantitative estimate of drug-likeness (QED) is 0.365. The SMILES string of the molecule is CCCCCCN1C(=O)CCC(C(=O)NCC(C)C)(c2ccccc2)C1c1cc(Br)ccc1O. The number of unbranched alkanes of at least 4 members (excludes halogenated alkanes) is 3. The molecule has 0 aliphatic carbocycles. The zero-order valence-electron chi connectivity index (χ0n) is 20.5. The van der Waals surface area contributed by atoms with E-state index < -0.39 is 11.5 Å². The number of amides is 2. The number of nitrogens with one attached hydrogen (secondary N) is 1. The third-order valence-corrected chi connectivity index (χ3v) is 7.23. The molecule has 0 saturated carbocycles. The maximum Gasteiger partial charge on any atom is 0.233 e. The summed E-state index contributed by atoms with van der Waals surface area (Å²) in [5.74, 6) is 0.329. The van der Waals surface area contributed by atoms with Crippen LogP contribution in [0.1, 0.15) is 76.5 Å². The van der Waals surface area contributed by atoms with E-state index >= 15 is 0 Å². The van der Waals surface area contributed by atoms with Gasteiger partial charge in [-0.1, -0.05) is 86.3 Å². The Morgan fingerprint density at radius 2 is 1.91 bits per heavy atom. The van der Waals surface area contributed by atoms with E-state index in [-0.39, 0.29) is 17.6 Å². The second-order valence-corrected chi connectivity index (χ2v) is 10.6. The fraction of sp³-hybridized carbons (Fsp3) is 0.500. The average molecular weight is 530 g/mol. The Hall–Kier alpha value is -2.34. The lowest BCUT2D eigenvalue weighted by atomic mass is 9.65. The number of carbonyl (C=O) groups excluding carboxylic acids is 2. The van der Waals surface area contributed by atoms with Crippen molar-refractivity contribution >= 4 is 27.7 Å². The molecule has 2 unspecified atom stereocenters. The highest BCUT2D eigenvalue weighted by Crippen LogP contribution is 2.51. The molecular weight excluding hydrogens is 492 g/mol. The van der Waals surface area contributed by atoms with Gasteiger partial charge < -0.3 is 15.3 Å². The molecule has 1 aliphatic heterocycles. The Kier molecular flexibility index (Phi) is 9.17. The van der Waals surface area contributed by atoms with Gasteiger partial charge in [-0.2, -0.15) is 0 Å². The van der Waals surface area contributed by atoms with Crippen LogP contribution in [0.2, 0.25) is 0 Å². The van der Waals surface area contributed by atoms with Crippen molar-refractivity contribution < 1.29 is 14.7 Å². The summed E-state index contributed by atoms with van der Waals surface area (Å²) in [6.07, 6.45) is 4.78. The molecule has 6 heteroatoms. The summed E-state index contributed by atoms with van der Waals surface area (Å²) in [7, 11) is 0. The van der Waals surface area contributed by atoms with Gasteiger partial charge in [-0.05, 0) is 42.5 Å². The molecule has 1 heterocycles. The van der Waals surface area contributed by atoms with Crippen LogP contribution in [-0.4, -0.2) is 34.9 Å². The fourth-order valence-corrected chi connectivity index (χ4v) is 5.37. The number of likely N-dealkylation sites (tertiary alicyclic amines) is 1. The summed E-state index contributed by atoms with van der Waals surface area (Å²) in [5.41, 5.74) is 0.459. The highest BCUT2D eigenvalue weighted by atomic mass is 79.9. The first-order valence-corrected chi connectivity index (χ1v) is 13.2. The largest absolute Gasteiger partial charge is 0.508 e. The zero-order chi connectivity index (χ0) is 24.7. The molecule has 1 saturated heterocycles. The Morgan fingerprint density at radius 1 is 1.18 bits per heavy atom. The van der Waals surface area contributed by atoms with Gasteiger partial charge in [0.15, 0.2) is 0 Å². The Bertz CT molecular complexity index is 979. The van der Waals surface area contributed by atoms with Crippen molar-refractivity contribution in [2.45, 2.75) is 70.8 Å². The minimum atomic E-state index is -1.01. The minimum absolute atomic E-state index is 0.0316. The Labute approximate surface area is 212 Å². The van der Waals surface area contributed by atoms with E-state index in [2.05, 4.69) is 42.0 Å². The van der Waals surface area contributed by atoms with E-state index in [1.807, 2.05) is 41.3 Å². The van der Waals surface area contributed by atoms with Gasteiger partial charge in [-0.15, -0.1) is 0 Å². The maximum absolute atomic E-state index is 14.1. The molecule has 2 atom stereocenters. The molecule has 184 valence electrons. The van der Waals surface area contributed by atoms with Gasteiger partial charge in [0, 0.05) is 29.5 Å². The highest BCUT2D eigenvalue weighted by Gasteiger charge is 2.54. The average Bonchev–Trinajstić information content (AvgIpc) is 2.83. The van der Waals surface area contributed by atoms with Crippen LogP contribution in [0.5, 0.6) is 5.75 Å². The van der Waals surface area contributed by atoms with Crippen molar-refractivity contribution in [2.75, 3.05) is 13.1 Å². The van der Waals surface area contributed by atoms with Crippen LogP contribution >= 0.6 is 15.9 Å². The molecule has 0 aromatic heterocycles. The van der Waals surface area contributed by atoms with Crippen molar-refractivity contribution in [1.82, 2.24) is 10.2 Å². The highest BCUT2D eigenvalue weighted by molar-refractivity contribution is 9.10. The third kappa shape index (κ3) is 5.65. The van der Waals surface area contributed by atoms with E-state index in [9.17, 15) is 14.7 Å². The van der Waals surface area contributed by atoms with Gasteiger partial charge in [-0.25, -0.2) is 0 Å². The first-order chi connectivity index (χ1) is 16.3. The fourth-order valence-electron chi connectivity index (χ4n) is 5.00. The molecule has 0 spiro atoms. The van der Waals surface area contributed by atoms with Gasteiger partial charge in [0.25, 0.3) is 0 Å². The van der Waals surface area contributed by atoms with Crippen molar-refractivity contribution in [3.8, 4) is 5.75 Å².